The highest BCUT2D eigenvalue weighted by atomic mass is 16.6. The molecule has 3 rings (SSSR count). The van der Waals surface area contributed by atoms with Crippen LogP contribution in [-0.2, 0) is 7.05 Å². The Morgan fingerprint density at radius 3 is 2.37 bits per heavy atom. The molecule has 1 N–H and O–H groups in total. The molecule has 0 saturated carbocycles. The molecular formula is C19H18N4O4. The number of nitrogens with zero attached hydrogens (tertiary/aromatic N) is 3. The van der Waals surface area contributed by atoms with Crippen LogP contribution in [0.3, 0.4) is 0 Å². The van der Waals surface area contributed by atoms with E-state index < -0.39 is 10.8 Å². The lowest BCUT2D eigenvalue weighted by Gasteiger charge is -2.11. The number of nitrogens with one attached hydrogen (secondary N) is 1. The average Bonchev–Trinajstić information content (AvgIpc) is 2.99. The number of nitro benzene ring substituents is 1. The zero-order valence-electron chi connectivity index (χ0n) is 15.1. The van der Waals surface area contributed by atoms with Crippen LogP contribution in [0, 0.1) is 24.0 Å². The maximum Gasteiger partial charge on any atom is 0.275 e. The van der Waals surface area contributed by atoms with Gasteiger partial charge in [0.25, 0.3) is 11.6 Å². The first-order valence-corrected chi connectivity index (χ1v) is 8.17. The maximum absolute atomic E-state index is 12.4. The Hall–Kier alpha value is -3.68. The lowest BCUT2D eigenvalue weighted by atomic mass is 10.1. The van der Waals surface area contributed by atoms with E-state index in [1.54, 1.807) is 19.2 Å². The highest BCUT2D eigenvalue weighted by molar-refractivity contribution is 6.03. The first-order valence-electron chi connectivity index (χ1n) is 8.17. The minimum Gasteiger partial charge on any atom is -0.457 e. The molecule has 3 aromatic rings. The summed E-state index contributed by atoms with van der Waals surface area (Å²) < 4.78 is 7.21. The summed E-state index contributed by atoms with van der Waals surface area (Å²) in [6, 6.07) is 11.4. The monoisotopic (exact) mass is 366 g/mol. The van der Waals surface area contributed by atoms with Gasteiger partial charge in [-0.1, -0.05) is 6.07 Å². The van der Waals surface area contributed by atoms with Gasteiger partial charge in [0, 0.05) is 25.4 Å². The zero-order valence-corrected chi connectivity index (χ0v) is 15.1. The molecule has 0 saturated heterocycles. The molecule has 0 unspecified atom stereocenters. The fourth-order valence-electron chi connectivity index (χ4n) is 2.74. The Kier molecular flexibility index (Phi) is 4.89. The van der Waals surface area contributed by atoms with Crippen LogP contribution in [0.2, 0.25) is 0 Å². The second-order valence-electron chi connectivity index (χ2n) is 6.19. The Balaban J connectivity index is 1.91. The molecule has 0 bridgehead atoms. The summed E-state index contributed by atoms with van der Waals surface area (Å²) in [5.74, 6) is 0.402. The lowest BCUT2D eigenvalue weighted by Crippen LogP contribution is -2.16. The van der Waals surface area contributed by atoms with Crippen molar-refractivity contribution in [1.82, 2.24) is 9.78 Å². The van der Waals surface area contributed by atoms with E-state index in [-0.39, 0.29) is 17.1 Å². The van der Waals surface area contributed by atoms with Crippen molar-refractivity contribution in [2.24, 2.45) is 7.05 Å². The van der Waals surface area contributed by atoms with E-state index in [0.717, 1.165) is 11.1 Å². The number of aromatic nitrogens is 2. The molecule has 2 aromatic carbocycles. The summed E-state index contributed by atoms with van der Waals surface area (Å²) in [5, 5.41) is 17.8. The topological polar surface area (TPSA) is 99.3 Å². The summed E-state index contributed by atoms with van der Waals surface area (Å²) in [4.78, 5) is 23.1. The molecule has 0 atom stereocenters. The summed E-state index contributed by atoms with van der Waals surface area (Å²) in [6.07, 6.45) is 1.50. The number of nitro groups is 1. The highest BCUT2D eigenvalue weighted by Gasteiger charge is 2.15. The molecule has 0 aliphatic rings. The van der Waals surface area contributed by atoms with Crippen LogP contribution in [0.15, 0.2) is 48.7 Å². The third-order valence-corrected chi connectivity index (χ3v) is 3.84. The van der Waals surface area contributed by atoms with Crippen LogP contribution in [0.25, 0.3) is 0 Å². The molecule has 1 heterocycles. The van der Waals surface area contributed by atoms with Gasteiger partial charge in [0.1, 0.15) is 17.2 Å². The largest absolute Gasteiger partial charge is 0.457 e. The van der Waals surface area contributed by atoms with Crippen molar-refractivity contribution >= 4 is 17.3 Å². The molecule has 0 aliphatic heterocycles. The van der Waals surface area contributed by atoms with E-state index in [1.807, 2.05) is 32.0 Å². The second kappa shape index (κ2) is 7.28. The van der Waals surface area contributed by atoms with E-state index in [9.17, 15) is 14.9 Å². The van der Waals surface area contributed by atoms with Gasteiger partial charge in [-0.25, -0.2) is 0 Å². The Labute approximate surface area is 155 Å². The molecule has 138 valence electrons. The molecule has 0 radical (unpaired) electrons. The van der Waals surface area contributed by atoms with E-state index in [0.29, 0.717) is 11.4 Å². The minimum absolute atomic E-state index is 0.183. The van der Waals surface area contributed by atoms with Crippen molar-refractivity contribution in [3.63, 3.8) is 0 Å². The van der Waals surface area contributed by atoms with Crippen molar-refractivity contribution in [2.45, 2.75) is 13.8 Å². The number of hydrogen-bond donors (Lipinski definition) is 1. The quantitative estimate of drug-likeness (QED) is 0.544. The van der Waals surface area contributed by atoms with Crippen LogP contribution in [0.5, 0.6) is 11.5 Å². The Morgan fingerprint density at radius 2 is 1.78 bits per heavy atom. The fraction of sp³-hybridized carbons (Fsp3) is 0.158. The van der Waals surface area contributed by atoms with Gasteiger partial charge in [0.2, 0.25) is 0 Å². The first kappa shape index (κ1) is 18.1. The van der Waals surface area contributed by atoms with Gasteiger partial charge in [-0.3, -0.25) is 19.6 Å². The molecular weight excluding hydrogens is 348 g/mol. The van der Waals surface area contributed by atoms with Crippen molar-refractivity contribution in [2.75, 3.05) is 5.32 Å². The number of anilines is 1. The predicted molar refractivity (Wildman–Crippen MR) is 100 cm³/mol. The van der Waals surface area contributed by atoms with Crippen molar-refractivity contribution in [3.05, 3.63) is 75.6 Å². The third kappa shape index (κ3) is 4.30. The summed E-state index contributed by atoms with van der Waals surface area (Å²) in [5.41, 5.74) is 2.44. The van der Waals surface area contributed by atoms with Crippen molar-refractivity contribution < 1.29 is 14.5 Å². The molecule has 27 heavy (non-hydrogen) atoms. The molecule has 8 heteroatoms. The molecule has 1 aromatic heterocycles. The standard InChI is InChI=1S/C19H18N4O4/c1-12-6-13(2)8-16(7-12)27-17-10-14(9-15(11-17)23(25)26)21-19(24)18-4-5-20-22(18)3/h4-11H,1-3H3,(H,21,24). The van der Waals surface area contributed by atoms with Gasteiger partial charge >= 0.3 is 0 Å². The number of hydrogen-bond acceptors (Lipinski definition) is 5. The van der Waals surface area contributed by atoms with Gasteiger partial charge in [-0.15, -0.1) is 0 Å². The molecule has 1 amide bonds. The summed E-state index contributed by atoms with van der Waals surface area (Å²) in [7, 11) is 1.64. The molecule has 0 fully saturated rings. The van der Waals surface area contributed by atoms with E-state index in [1.165, 1.54) is 23.0 Å². The number of aryl methyl sites for hydroxylation is 3. The number of rotatable bonds is 5. The smallest absolute Gasteiger partial charge is 0.275 e. The number of amides is 1. The maximum atomic E-state index is 12.4. The summed E-state index contributed by atoms with van der Waals surface area (Å²) >= 11 is 0. The average molecular weight is 366 g/mol. The van der Waals surface area contributed by atoms with E-state index in [4.69, 9.17) is 4.74 Å². The number of ether oxygens (including phenoxy) is 1. The van der Waals surface area contributed by atoms with Crippen LogP contribution >= 0.6 is 0 Å². The highest BCUT2D eigenvalue weighted by Crippen LogP contribution is 2.30. The number of carbonyl (C=O) groups is 1. The molecule has 0 spiro atoms. The third-order valence-electron chi connectivity index (χ3n) is 3.84. The summed E-state index contributed by atoms with van der Waals surface area (Å²) in [6.45, 7) is 3.87. The van der Waals surface area contributed by atoms with Gasteiger partial charge < -0.3 is 10.1 Å². The normalized spacial score (nSPS) is 10.5. The van der Waals surface area contributed by atoms with Gasteiger partial charge in [-0.05, 0) is 43.2 Å². The minimum atomic E-state index is -0.534. The van der Waals surface area contributed by atoms with Crippen LogP contribution in [-0.4, -0.2) is 20.6 Å². The SMILES string of the molecule is Cc1cc(C)cc(Oc2cc(NC(=O)c3ccnn3C)cc([N+](=O)[O-])c2)c1. The Bertz CT molecular complexity index is 1010. The van der Waals surface area contributed by atoms with Gasteiger partial charge in [-0.2, -0.15) is 5.10 Å². The lowest BCUT2D eigenvalue weighted by molar-refractivity contribution is -0.384. The predicted octanol–water partition coefficient (Wildman–Crippen LogP) is 3.99. The van der Waals surface area contributed by atoms with E-state index in [2.05, 4.69) is 10.4 Å². The number of carbonyl (C=O) groups excluding carboxylic acids is 1. The second-order valence-corrected chi connectivity index (χ2v) is 6.19. The van der Waals surface area contributed by atoms with Crippen molar-refractivity contribution in [1.29, 1.82) is 0 Å². The van der Waals surface area contributed by atoms with Gasteiger partial charge in [0.05, 0.1) is 16.7 Å². The van der Waals surface area contributed by atoms with Crippen LogP contribution in [0.4, 0.5) is 11.4 Å². The first-order chi connectivity index (χ1) is 12.8. The van der Waals surface area contributed by atoms with Crippen LogP contribution in [0.1, 0.15) is 21.6 Å². The number of non-ortho nitro benzene ring substituents is 1. The fourth-order valence-corrected chi connectivity index (χ4v) is 2.74. The molecule has 0 aliphatic carbocycles. The zero-order chi connectivity index (χ0) is 19.6. The molecule has 8 nitrogen and oxygen atoms in total. The van der Waals surface area contributed by atoms with Crippen molar-refractivity contribution in [3.8, 4) is 11.5 Å². The van der Waals surface area contributed by atoms with Crippen LogP contribution < -0.4 is 10.1 Å². The van der Waals surface area contributed by atoms with E-state index >= 15 is 0 Å². The Morgan fingerprint density at radius 1 is 1.11 bits per heavy atom. The van der Waals surface area contributed by atoms with Gasteiger partial charge in [0.15, 0.2) is 0 Å². The number of benzene rings is 2.